The van der Waals surface area contributed by atoms with E-state index in [0.717, 1.165) is 0 Å². The molecule has 16 heavy (non-hydrogen) atoms. The topological polar surface area (TPSA) is 0 Å². The number of hydrogen-bond donors (Lipinski definition) is 0. The maximum Gasteiger partial charge on any atom is 1.00 e. The summed E-state index contributed by atoms with van der Waals surface area (Å²) >= 11 is 0. The fourth-order valence-electron chi connectivity index (χ4n) is 1.59. The molecule has 0 atom stereocenters. The first-order valence-electron chi connectivity index (χ1n) is 5.98. The predicted octanol–water partition coefficient (Wildman–Crippen LogP) is 1.86. The quantitative estimate of drug-likeness (QED) is 0.527. The van der Waals surface area contributed by atoms with Gasteiger partial charge in [0.25, 0.3) is 0 Å². The Balaban J connectivity index is 0.00000225. The van der Waals surface area contributed by atoms with Crippen molar-refractivity contribution >= 4 is 0 Å². The Labute approximate surface area is 113 Å². The van der Waals surface area contributed by atoms with Crippen molar-refractivity contribution in [2.45, 2.75) is 59.3 Å². The standard InChI is InChI=1S/C15H23.Li/c1-10(2)13-7-14(11(3)4)9-15(8-13)12(5)6;/h7-8,10-12H,1-6H3;/q-1;+1. The van der Waals surface area contributed by atoms with Gasteiger partial charge in [0.2, 0.25) is 0 Å². The van der Waals surface area contributed by atoms with Gasteiger partial charge < -0.3 is 0 Å². The van der Waals surface area contributed by atoms with Gasteiger partial charge in [-0.1, -0.05) is 41.5 Å². The molecular weight excluding hydrogens is 187 g/mol. The second-order valence-electron chi connectivity index (χ2n) is 5.29. The van der Waals surface area contributed by atoms with Crippen LogP contribution in [0.15, 0.2) is 12.1 Å². The van der Waals surface area contributed by atoms with E-state index in [1.165, 1.54) is 16.7 Å². The maximum absolute atomic E-state index is 3.54. The van der Waals surface area contributed by atoms with Gasteiger partial charge in [0, 0.05) is 0 Å². The minimum Gasteiger partial charge on any atom is -0.176 e. The number of benzene rings is 1. The summed E-state index contributed by atoms with van der Waals surface area (Å²) in [4.78, 5) is 0. The van der Waals surface area contributed by atoms with E-state index >= 15 is 0 Å². The van der Waals surface area contributed by atoms with Crippen LogP contribution in [0.5, 0.6) is 0 Å². The van der Waals surface area contributed by atoms with E-state index in [2.05, 4.69) is 59.7 Å². The van der Waals surface area contributed by atoms with Gasteiger partial charge in [-0.05, 0) is 17.8 Å². The van der Waals surface area contributed by atoms with Crippen LogP contribution in [0.25, 0.3) is 0 Å². The summed E-state index contributed by atoms with van der Waals surface area (Å²) in [7, 11) is 0. The van der Waals surface area contributed by atoms with Crippen molar-refractivity contribution in [3.05, 3.63) is 34.9 Å². The Morgan fingerprint density at radius 1 is 0.750 bits per heavy atom. The molecule has 0 radical (unpaired) electrons. The molecule has 0 bridgehead atoms. The zero-order chi connectivity index (χ0) is 11.6. The van der Waals surface area contributed by atoms with E-state index in [-0.39, 0.29) is 18.9 Å². The Morgan fingerprint density at radius 2 is 1.12 bits per heavy atom. The Kier molecular flexibility index (Phi) is 6.45. The molecule has 1 heteroatoms. The number of rotatable bonds is 3. The van der Waals surface area contributed by atoms with Crippen LogP contribution >= 0.6 is 0 Å². The Bertz CT molecular complexity index is 259. The average molecular weight is 210 g/mol. The fourth-order valence-corrected chi connectivity index (χ4v) is 1.59. The molecular formula is C15H23Li. The molecule has 0 aromatic heterocycles. The third-order valence-corrected chi connectivity index (χ3v) is 2.84. The summed E-state index contributed by atoms with van der Waals surface area (Å²) in [5.74, 6) is 1.75. The van der Waals surface area contributed by atoms with E-state index in [1.807, 2.05) is 0 Å². The molecule has 0 unspecified atom stereocenters. The van der Waals surface area contributed by atoms with Gasteiger partial charge in [0.1, 0.15) is 0 Å². The average Bonchev–Trinajstić information content (AvgIpc) is 2.16. The first-order chi connectivity index (χ1) is 6.91. The molecule has 0 amide bonds. The third kappa shape index (κ3) is 4.00. The van der Waals surface area contributed by atoms with Crippen LogP contribution in [-0.2, 0) is 0 Å². The molecule has 1 aromatic carbocycles. The van der Waals surface area contributed by atoms with Gasteiger partial charge in [0.05, 0.1) is 0 Å². The van der Waals surface area contributed by atoms with Gasteiger partial charge in [-0.25, -0.2) is 0 Å². The van der Waals surface area contributed by atoms with Crippen molar-refractivity contribution in [3.63, 3.8) is 0 Å². The van der Waals surface area contributed by atoms with Crippen molar-refractivity contribution in [1.29, 1.82) is 0 Å². The molecule has 0 saturated heterocycles. The molecule has 0 saturated carbocycles. The zero-order valence-corrected chi connectivity index (χ0v) is 11.9. The summed E-state index contributed by atoms with van der Waals surface area (Å²) in [6, 6.07) is 8.15. The van der Waals surface area contributed by atoms with Crippen molar-refractivity contribution < 1.29 is 18.9 Å². The first kappa shape index (κ1) is 15.8. The van der Waals surface area contributed by atoms with Gasteiger partial charge in [-0.3, -0.25) is 0 Å². The van der Waals surface area contributed by atoms with Crippen LogP contribution in [0.3, 0.4) is 0 Å². The van der Waals surface area contributed by atoms with Gasteiger partial charge in [-0.15, -0.1) is 0 Å². The molecule has 1 aromatic rings. The summed E-state index contributed by atoms with van der Waals surface area (Å²) in [6.07, 6.45) is 0. The molecule has 1 rings (SSSR count). The minimum atomic E-state index is 0. The summed E-state index contributed by atoms with van der Waals surface area (Å²) in [5.41, 5.74) is 4.15. The van der Waals surface area contributed by atoms with E-state index in [4.69, 9.17) is 0 Å². The SMILES string of the molecule is CC(C)c1[c-]c(C(C)C)cc(C(C)C)c1.[Li+]. The zero-order valence-electron chi connectivity index (χ0n) is 11.9. The van der Waals surface area contributed by atoms with Crippen LogP contribution in [0.1, 0.15) is 76.0 Å². The van der Waals surface area contributed by atoms with Crippen LogP contribution < -0.4 is 18.9 Å². The van der Waals surface area contributed by atoms with Gasteiger partial charge in [0.15, 0.2) is 0 Å². The van der Waals surface area contributed by atoms with Crippen LogP contribution in [0.2, 0.25) is 0 Å². The molecule has 0 aliphatic heterocycles. The number of hydrogen-bond acceptors (Lipinski definition) is 0. The Morgan fingerprint density at radius 3 is 1.38 bits per heavy atom. The normalized spacial score (nSPS) is 11.1. The molecule has 0 N–H and O–H groups in total. The van der Waals surface area contributed by atoms with Crippen LogP contribution in [-0.4, -0.2) is 0 Å². The molecule has 0 heterocycles. The molecule has 0 aliphatic rings. The molecule has 0 fully saturated rings. The van der Waals surface area contributed by atoms with Crippen molar-refractivity contribution in [3.8, 4) is 0 Å². The maximum atomic E-state index is 3.54. The third-order valence-electron chi connectivity index (χ3n) is 2.84. The first-order valence-corrected chi connectivity index (χ1v) is 5.98. The monoisotopic (exact) mass is 210 g/mol. The van der Waals surface area contributed by atoms with Gasteiger partial charge in [-0.2, -0.15) is 34.9 Å². The largest absolute Gasteiger partial charge is 1.00 e. The molecule has 0 nitrogen and oxygen atoms in total. The predicted molar refractivity (Wildman–Crippen MR) is 67.5 cm³/mol. The van der Waals surface area contributed by atoms with Crippen molar-refractivity contribution in [1.82, 2.24) is 0 Å². The summed E-state index contributed by atoms with van der Waals surface area (Å²) in [5, 5.41) is 0. The fraction of sp³-hybridized carbons (Fsp3) is 0.600. The van der Waals surface area contributed by atoms with Gasteiger partial charge >= 0.3 is 18.9 Å². The van der Waals surface area contributed by atoms with Crippen LogP contribution in [0.4, 0.5) is 0 Å². The van der Waals surface area contributed by atoms with Crippen molar-refractivity contribution in [2.24, 2.45) is 0 Å². The van der Waals surface area contributed by atoms with Crippen molar-refractivity contribution in [2.75, 3.05) is 0 Å². The molecule has 0 spiro atoms. The Hall–Kier alpha value is -0.183. The van der Waals surface area contributed by atoms with E-state index in [1.54, 1.807) is 0 Å². The minimum absolute atomic E-state index is 0. The van der Waals surface area contributed by atoms with Crippen LogP contribution in [0, 0.1) is 6.07 Å². The van der Waals surface area contributed by atoms with E-state index in [0.29, 0.717) is 17.8 Å². The second kappa shape index (κ2) is 6.53. The van der Waals surface area contributed by atoms with E-state index < -0.39 is 0 Å². The summed E-state index contributed by atoms with van der Waals surface area (Å²) < 4.78 is 0. The van der Waals surface area contributed by atoms with E-state index in [9.17, 15) is 0 Å². The molecule has 0 aliphatic carbocycles. The summed E-state index contributed by atoms with van der Waals surface area (Å²) in [6.45, 7) is 13.5. The second-order valence-corrected chi connectivity index (χ2v) is 5.29. The molecule has 84 valence electrons. The smallest absolute Gasteiger partial charge is 0.176 e.